The zero-order valence-corrected chi connectivity index (χ0v) is 19.9. The van der Waals surface area contributed by atoms with Crippen molar-refractivity contribution in [3.63, 3.8) is 0 Å². The fourth-order valence-electron chi connectivity index (χ4n) is 5.10. The highest BCUT2D eigenvalue weighted by atomic mass is 32.2. The van der Waals surface area contributed by atoms with Crippen LogP contribution in [0.15, 0.2) is 61.2 Å². The predicted octanol–water partition coefficient (Wildman–Crippen LogP) is 6.79. The van der Waals surface area contributed by atoms with Gasteiger partial charge in [0.25, 0.3) is 0 Å². The van der Waals surface area contributed by atoms with E-state index in [0.29, 0.717) is 13.0 Å². The van der Waals surface area contributed by atoms with E-state index < -0.39 is 0 Å². The number of thioether (sulfide) groups is 1. The number of imidazole rings is 1. The molecule has 5 rings (SSSR count). The van der Waals surface area contributed by atoms with E-state index in [1.807, 2.05) is 30.7 Å². The third kappa shape index (κ3) is 5.35. The van der Waals surface area contributed by atoms with Crippen molar-refractivity contribution in [1.82, 2.24) is 9.55 Å². The highest BCUT2D eigenvalue weighted by Crippen LogP contribution is 2.39. The molecule has 0 N–H and O–H groups in total. The van der Waals surface area contributed by atoms with Gasteiger partial charge >= 0.3 is 0 Å². The van der Waals surface area contributed by atoms with Gasteiger partial charge in [0.2, 0.25) is 0 Å². The van der Waals surface area contributed by atoms with Crippen LogP contribution >= 0.6 is 11.8 Å². The summed E-state index contributed by atoms with van der Waals surface area (Å²) in [4.78, 5) is 16.9. The van der Waals surface area contributed by atoms with Crippen LogP contribution in [0.2, 0.25) is 0 Å². The lowest BCUT2D eigenvalue weighted by molar-refractivity contribution is 0.0972. The molecular weight excluding hydrogens is 428 g/mol. The first-order valence-electron chi connectivity index (χ1n) is 12.2. The average molecular weight is 461 g/mol. The van der Waals surface area contributed by atoms with E-state index in [9.17, 15) is 4.79 Å². The number of nitrogens with zero attached hydrogens (tertiary/aromatic N) is 2. The lowest BCUT2D eigenvalue weighted by Gasteiger charge is -2.27. The second-order valence-electron chi connectivity index (χ2n) is 9.19. The predicted molar refractivity (Wildman–Crippen MR) is 134 cm³/mol. The fraction of sp³-hybridized carbons (Fsp3) is 0.429. The summed E-state index contributed by atoms with van der Waals surface area (Å²) < 4.78 is 8.84. The highest BCUT2D eigenvalue weighted by molar-refractivity contribution is 7.99. The van der Waals surface area contributed by atoms with Crippen LogP contribution in [-0.4, -0.2) is 20.6 Å². The third-order valence-corrected chi connectivity index (χ3v) is 8.31. The van der Waals surface area contributed by atoms with Crippen molar-refractivity contribution in [3.05, 3.63) is 83.4 Å². The molecule has 0 saturated heterocycles. The molecule has 0 bridgehead atoms. The maximum atomic E-state index is 12.7. The number of benzene rings is 2. The first-order chi connectivity index (χ1) is 16.3. The molecule has 1 heterocycles. The van der Waals surface area contributed by atoms with E-state index in [4.69, 9.17) is 4.74 Å². The van der Waals surface area contributed by atoms with Gasteiger partial charge in [0.15, 0.2) is 5.78 Å². The Labute approximate surface area is 200 Å². The van der Waals surface area contributed by atoms with E-state index in [1.165, 1.54) is 43.2 Å². The van der Waals surface area contributed by atoms with E-state index in [2.05, 4.69) is 45.6 Å². The largest absolute Gasteiger partial charge is 0.484 e. The number of rotatable bonds is 8. The number of ketones is 1. The molecule has 1 saturated carbocycles. The van der Waals surface area contributed by atoms with Gasteiger partial charge in [0.1, 0.15) is 11.9 Å². The highest BCUT2D eigenvalue weighted by Gasteiger charge is 2.25. The molecule has 172 valence electrons. The monoisotopic (exact) mass is 460 g/mol. The third-order valence-electron chi connectivity index (χ3n) is 6.91. The molecule has 1 fully saturated rings. The minimum Gasteiger partial charge on any atom is -0.484 e. The fourth-order valence-corrected chi connectivity index (χ4v) is 6.48. The van der Waals surface area contributed by atoms with Gasteiger partial charge in [0.05, 0.1) is 12.9 Å². The molecule has 3 aromatic rings. The number of carbonyl (C=O) groups excluding carboxylic acids is 1. The summed E-state index contributed by atoms with van der Waals surface area (Å²) in [6.45, 7) is 0.690. The van der Waals surface area contributed by atoms with Crippen molar-refractivity contribution >= 4 is 17.5 Å². The van der Waals surface area contributed by atoms with Crippen molar-refractivity contribution in [2.75, 3.05) is 0 Å². The Kier molecular flexibility index (Phi) is 7.15. The van der Waals surface area contributed by atoms with Gasteiger partial charge < -0.3 is 9.30 Å². The van der Waals surface area contributed by atoms with Crippen molar-refractivity contribution in [1.29, 1.82) is 0 Å². The Bertz CT molecular complexity index is 1060. The van der Waals surface area contributed by atoms with Crippen LogP contribution in [0, 0.1) is 0 Å². The first-order valence-corrected chi connectivity index (χ1v) is 13.3. The standard InChI is InChI=1S/C28H32N2O2S/c31-26-13-7-12-23-24(26)14-15-27(25(23)19-33-22-10-5-2-6-11-22)32-28(18-30-17-16-29-20-30)21-8-3-1-4-9-21/h1,3-4,8-9,14-17,20,22,28H,2,5-7,10-13,18-19H2. The molecule has 1 aromatic heterocycles. The Morgan fingerprint density at radius 3 is 2.67 bits per heavy atom. The molecule has 5 heteroatoms. The van der Waals surface area contributed by atoms with Crippen LogP contribution in [0.1, 0.15) is 78.1 Å². The second-order valence-corrected chi connectivity index (χ2v) is 10.5. The van der Waals surface area contributed by atoms with Gasteiger partial charge in [-0.05, 0) is 48.9 Å². The SMILES string of the molecule is O=C1CCCc2c1ccc(OC(Cn1ccnc1)c1ccccc1)c2CSC1CCCCC1. The number of hydrogen-bond acceptors (Lipinski definition) is 4. The Morgan fingerprint density at radius 1 is 1.03 bits per heavy atom. The zero-order chi connectivity index (χ0) is 22.5. The number of fused-ring (bicyclic) bond motifs is 1. The van der Waals surface area contributed by atoms with Gasteiger partial charge in [-0.25, -0.2) is 4.98 Å². The zero-order valence-electron chi connectivity index (χ0n) is 19.1. The van der Waals surface area contributed by atoms with Crippen molar-refractivity contribution < 1.29 is 9.53 Å². The van der Waals surface area contributed by atoms with Crippen LogP contribution in [0.4, 0.5) is 0 Å². The Morgan fingerprint density at radius 2 is 1.88 bits per heavy atom. The van der Waals surface area contributed by atoms with Crippen LogP contribution < -0.4 is 4.74 Å². The van der Waals surface area contributed by atoms with Crippen molar-refractivity contribution in [2.24, 2.45) is 0 Å². The number of carbonyl (C=O) groups is 1. The summed E-state index contributed by atoms with van der Waals surface area (Å²) in [6.07, 6.45) is 14.7. The van der Waals surface area contributed by atoms with Gasteiger partial charge in [-0.1, -0.05) is 49.6 Å². The summed E-state index contributed by atoms with van der Waals surface area (Å²) in [5.74, 6) is 2.13. The summed E-state index contributed by atoms with van der Waals surface area (Å²) in [6, 6.07) is 14.5. The van der Waals surface area contributed by atoms with Crippen LogP contribution in [0.5, 0.6) is 5.75 Å². The minimum atomic E-state index is -0.129. The van der Waals surface area contributed by atoms with E-state index in [-0.39, 0.29) is 11.9 Å². The quantitative estimate of drug-likeness (QED) is 0.371. The molecule has 1 unspecified atom stereocenters. The lowest BCUT2D eigenvalue weighted by atomic mass is 9.87. The number of Topliss-reactive ketones (excluding diaryl/α,β-unsaturated/α-hetero) is 1. The minimum absolute atomic E-state index is 0.129. The topological polar surface area (TPSA) is 44.1 Å². The molecule has 1 atom stereocenters. The maximum absolute atomic E-state index is 12.7. The van der Waals surface area contributed by atoms with Crippen LogP contribution in [0.25, 0.3) is 0 Å². The molecule has 4 nitrogen and oxygen atoms in total. The van der Waals surface area contributed by atoms with E-state index in [1.54, 1.807) is 6.20 Å². The summed E-state index contributed by atoms with van der Waals surface area (Å²) in [5.41, 5.74) is 4.52. The molecule has 0 amide bonds. The first kappa shape index (κ1) is 22.3. The number of hydrogen-bond donors (Lipinski definition) is 0. The molecule has 2 aliphatic rings. The van der Waals surface area contributed by atoms with Gasteiger partial charge in [-0.3, -0.25) is 4.79 Å². The van der Waals surface area contributed by atoms with Crippen LogP contribution in [-0.2, 0) is 18.7 Å². The molecule has 0 aliphatic heterocycles. The van der Waals surface area contributed by atoms with E-state index in [0.717, 1.165) is 40.7 Å². The number of aromatic nitrogens is 2. The van der Waals surface area contributed by atoms with E-state index >= 15 is 0 Å². The normalized spacial score (nSPS) is 17.5. The van der Waals surface area contributed by atoms with Gasteiger partial charge in [-0.15, -0.1) is 0 Å². The molecule has 0 spiro atoms. The van der Waals surface area contributed by atoms with Crippen LogP contribution in [0.3, 0.4) is 0 Å². The second kappa shape index (κ2) is 10.6. The maximum Gasteiger partial charge on any atom is 0.163 e. The average Bonchev–Trinajstić information content (AvgIpc) is 3.37. The van der Waals surface area contributed by atoms with Crippen molar-refractivity contribution in [2.45, 2.75) is 75.0 Å². The molecule has 33 heavy (non-hydrogen) atoms. The molecule has 2 aliphatic carbocycles. The summed E-state index contributed by atoms with van der Waals surface area (Å²) >= 11 is 2.06. The summed E-state index contributed by atoms with van der Waals surface area (Å²) in [7, 11) is 0. The molecular formula is C28H32N2O2S. The smallest absolute Gasteiger partial charge is 0.163 e. The van der Waals surface area contributed by atoms with Crippen molar-refractivity contribution in [3.8, 4) is 5.75 Å². The number of ether oxygens (including phenoxy) is 1. The Balaban J connectivity index is 1.46. The molecule has 0 radical (unpaired) electrons. The molecule has 2 aromatic carbocycles. The summed E-state index contributed by atoms with van der Waals surface area (Å²) in [5, 5.41) is 0.720. The lowest BCUT2D eigenvalue weighted by Crippen LogP contribution is -2.18. The van der Waals surface area contributed by atoms with Gasteiger partial charge in [0, 0.05) is 40.9 Å². The Hall–Kier alpha value is -2.53. The van der Waals surface area contributed by atoms with Gasteiger partial charge in [-0.2, -0.15) is 11.8 Å².